The van der Waals surface area contributed by atoms with Crippen LogP contribution in [0.25, 0.3) is 49.5 Å². The van der Waals surface area contributed by atoms with E-state index in [1.807, 2.05) is 0 Å². The molecule has 0 radical (unpaired) electrons. The van der Waals surface area contributed by atoms with Gasteiger partial charge in [0.1, 0.15) is 6.17 Å². The van der Waals surface area contributed by atoms with Crippen LogP contribution in [0.2, 0.25) is 0 Å². The maximum Gasteiger partial charge on any atom is 0.129 e. The number of para-hydroxylation sites is 4. The SMILES string of the molecule is C1=CC2=CC(c3ccc(C4Nc5ccccc5NC4n4c5ccccc5c5cc6c7c(n(-c8ccccc8)c6cc54)CCC4=C7CCC=C4)cc3)=CCC2C=C1. The lowest BCUT2D eigenvalue weighted by atomic mass is 9.83. The van der Waals surface area contributed by atoms with Crippen molar-refractivity contribution in [1.29, 1.82) is 0 Å². The van der Waals surface area contributed by atoms with Gasteiger partial charge in [0, 0.05) is 39.0 Å². The molecule has 0 saturated heterocycles. The second kappa shape index (κ2) is 12.5. The van der Waals surface area contributed by atoms with Gasteiger partial charge in [-0.15, -0.1) is 0 Å². The van der Waals surface area contributed by atoms with E-state index in [9.17, 15) is 0 Å². The van der Waals surface area contributed by atoms with Crippen LogP contribution in [-0.4, -0.2) is 9.13 Å². The molecule has 0 fully saturated rings. The lowest BCUT2D eigenvalue weighted by molar-refractivity contribution is 0.506. The van der Waals surface area contributed by atoms with Crippen LogP contribution in [0.5, 0.6) is 0 Å². The average Bonchev–Trinajstić information content (AvgIpc) is 3.77. The molecule has 4 nitrogen and oxygen atoms in total. The van der Waals surface area contributed by atoms with Gasteiger partial charge in [0.25, 0.3) is 0 Å². The van der Waals surface area contributed by atoms with Crippen LogP contribution in [0.4, 0.5) is 11.4 Å². The number of fused-ring (bicyclic) bond motifs is 9. The molecule has 7 aromatic rings. The molecule has 5 aromatic carbocycles. The molecule has 3 heterocycles. The van der Waals surface area contributed by atoms with Crippen LogP contribution in [-0.2, 0) is 6.42 Å². The Kier molecular flexibility index (Phi) is 7.10. The smallest absolute Gasteiger partial charge is 0.129 e. The third-order valence-corrected chi connectivity index (χ3v) is 12.9. The molecule has 56 heavy (non-hydrogen) atoms. The van der Waals surface area contributed by atoms with Crippen LogP contribution in [0.3, 0.4) is 0 Å². The maximum absolute atomic E-state index is 4.07. The van der Waals surface area contributed by atoms with Crippen molar-refractivity contribution in [2.24, 2.45) is 5.92 Å². The molecule has 1 aliphatic heterocycles. The minimum Gasteiger partial charge on any atom is -0.373 e. The molecule has 0 bridgehead atoms. The van der Waals surface area contributed by atoms with Crippen molar-refractivity contribution in [2.75, 3.05) is 10.6 Å². The highest BCUT2D eigenvalue weighted by atomic mass is 15.3. The first kappa shape index (κ1) is 31.8. The van der Waals surface area contributed by atoms with Gasteiger partial charge in [0.2, 0.25) is 0 Å². The minimum atomic E-state index is -0.0981. The molecule has 2 N–H and O–H groups in total. The van der Waals surface area contributed by atoms with E-state index in [2.05, 4.69) is 184 Å². The molecule has 4 aliphatic carbocycles. The molecular weight excluding hydrogens is 681 g/mol. The van der Waals surface area contributed by atoms with Gasteiger partial charge >= 0.3 is 0 Å². The van der Waals surface area contributed by atoms with Gasteiger partial charge in [-0.3, -0.25) is 0 Å². The van der Waals surface area contributed by atoms with Gasteiger partial charge in [0.05, 0.1) is 34.0 Å². The summed E-state index contributed by atoms with van der Waals surface area (Å²) in [6.07, 6.45) is 23.7. The molecule has 3 unspecified atom stereocenters. The van der Waals surface area contributed by atoms with E-state index in [0.29, 0.717) is 5.92 Å². The molecular formula is C52H42N4. The summed E-state index contributed by atoms with van der Waals surface area (Å²) in [5, 5.41) is 12.0. The lowest BCUT2D eigenvalue weighted by Gasteiger charge is -2.38. The van der Waals surface area contributed by atoms with Gasteiger partial charge in [-0.25, -0.2) is 0 Å². The molecule has 0 spiro atoms. The largest absolute Gasteiger partial charge is 0.373 e. The third kappa shape index (κ3) is 4.85. The van der Waals surface area contributed by atoms with E-state index < -0.39 is 0 Å². The molecule has 0 amide bonds. The number of benzene rings is 5. The van der Waals surface area contributed by atoms with E-state index in [4.69, 9.17) is 0 Å². The first-order valence-electron chi connectivity index (χ1n) is 20.3. The van der Waals surface area contributed by atoms with E-state index in [1.165, 1.54) is 77.5 Å². The number of rotatable bonds is 4. The Labute approximate surface area is 327 Å². The summed E-state index contributed by atoms with van der Waals surface area (Å²) in [5.41, 5.74) is 18.4. The van der Waals surface area contributed by atoms with E-state index >= 15 is 0 Å². The predicted octanol–water partition coefficient (Wildman–Crippen LogP) is 13.0. The first-order valence-corrected chi connectivity index (χ1v) is 20.3. The van der Waals surface area contributed by atoms with Gasteiger partial charge in [-0.2, -0.15) is 0 Å². The highest BCUT2D eigenvalue weighted by Gasteiger charge is 2.34. The summed E-state index contributed by atoms with van der Waals surface area (Å²) in [6.45, 7) is 0. The first-order chi connectivity index (χ1) is 27.8. The summed E-state index contributed by atoms with van der Waals surface area (Å²) in [7, 11) is 0. The predicted molar refractivity (Wildman–Crippen MR) is 234 cm³/mol. The number of nitrogens with one attached hydrogen (secondary N) is 2. The number of anilines is 2. The third-order valence-electron chi connectivity index (χ3n) is 12.9. The second-order valence-corrected chi connectivity index (χ2v) is 16.0. The van der Waals surface area contributed by atoms with Crippen LogP contribution in [0.1, 0.15) is 60.3 Å². The summed E-state index contributed by atoms with van der Waals surface area (Å²) >= 11 is 0. The van der Waals surface area contributed by atoms with Crippen molar-refractivity contribution in [3.63, 3.8) is 0 Å². The normalized spacial score (nSPS) is 20.9. The summed E-state index contributed by atoms with van der Waals surface area (Å²) < 4.78 is 5.15. The number of aromatic nitrogens is 2. The fourth-order valence-electron chi connectivity index (χ4n) is 10.3. The molecule has 5 aliphatic rings. The van der Waals surface area contributed by atoms with Gasteiger partial charge in [0.15, 0.2) is 0 Å². The van der Waals surface area contributed by atoms with Gasteiger partial charge in [-0.05, 0) is 108 Å². The maximum atomic E-state index is 4.07. The number of allylic oxidation sites excluding steroid dienone is 12. The quantitative estimate of drug-likeness (QED) is 0.190. The fraction of sp³-hybridized carbons (Fsp3) is 0.154. The van der Waals surface area contributed by atoms with Crippen molar-refractivity contribution in [1.82, 2.24) is 9.13 Å². The fourth-order valence-corrected chi connectivity index (χ4v) is 10.3. The molecule has 12 rings (SSSR count). The monoisotopic (exact) mass is 722 g/mol. The van der Waals surface area contributed by atoms with Crippen LogP contribution in [0, 0.1) is 5.92 Å². The zero-order valence-electron chi connectivity index (χ0n) is 31.3. The number of hydrogen-bond donors (Lipinski definition) is 2. The molecule has 2 aromatic heterocycles. The zero-order valence-corrected chi connectivity index (χ0v) is 31.3. The van der Waals surface area contributed by atoms with Gasteiger partial charge in [-0.1, -0.05) is 121 Å². The van der Waals surface area contributed by atoms with Crippen LogP contribution in [0.15, 0.2) is 175 Å². The highest BCUT2D eigenvalue weighted by molar-refractivity contribution is 6.15. The summed E-state index contributed by atoms with van der Waals surface area (Å²) in [6, 6.07) is 43.0. The van der Waals surface area contributed by atoms with Crippen LogP contribution >= 0.6 is 0 Å². The standard InChI is InChI=1S/C52H42N4/c1-2-15-39(16-3-1)55-47-29-28-35-13-6-7-17-40(35)50(47)43-31-42-41-18-8-11-21-46(41)56(48(42)32-49(43)55)52-51(53-44-19-9-10-20-45(44)54-52)36-25-22-34(23-26-36)38-27-24-33-12-4-5-14-37(33)30-38/h1-6,8-16,18-23,25-27,30-33,51-54H,7,17,24,28-29H2. The molecule has 0 saturated carbocycles. The van der Waals surface area contributed by atoms with Crippen molar-refractivity contribution < 1.29 is 0 Å². The van der Waals surface area contributed by atoms with Gasteiger partial charge < -0.3 is 19.8 Å². The highest BCUT2D eigenvalue weighted by Crippen LogP contribution is 2.48. The minimum absolute atomic E-state index is 0.0287. The van der Waals surface area contributed by atoms with Crippen molar-refractivity contribution >= 4 is 55.2 Å². The van der Waals surface area contributed by atoms with E-state index in [1.54, 1.807) is 5.57 Å². The average molecular weight is 723 g/mol. The molecule has 3 atom stereocenters. The Morgan fingerprint density at radius 3 is 2.36 bits per heavy atom. The second-order valence-electron chi connectivity index (χ2n) is 16.0. The lowest BCUT2D eigenvalue weighted by Crippen LogP contribution is -2.34. The topological polar surface area (TPSA) is 33.9 Å². The Morgan fingerprint density at radius 1 is 0.643 bits per heavy atom. The van der Waals surface area contributed by atoms with Crippen molar-refractivity contribution in [3.05, 3.63) is 197 Å². The zero-order chi connectivity index (χ0) is 36.7. The van der Waals surface area contributed by atoms with Crippen molar-refractivity contribution in [3.8, 4) is 5.69 Å². The Balaban J connectivity index is 1.06. The summed E-state index contributed by atoms with van der Waals surface area (Å²) in [5.74, 6) is 0.494. The molecule has 270 valence electrons. The summed E-state index contributed by atoms with van der Waals surface area (Å²) in [4.78, 5) is 0. The Morgan fingerprint density at radius 2 is 1.46 bits per heavy atom. The van der Waals surface area contributed by atoms with Crippen LogP contribution < -0.4 is 10.6 Å². The number of hydrogen-bond acceptors (Lipinski definition) is 2. The number of nitrogens with zero attached hydrogens (tertiary/aromatic N) is 2. The Hall–Kier alpha value is -6.52. The molecule has 4 heteroatoms. The van der Waals surface area contributed by atoms with Crippen molar-refractivity contribution in [2.45, 2.75) is 44.3 Å². The van der Waals surface area contributed by atoms with E-state index in [0.717, 1.165) is 43.5 Å². The van der Waals surface area contributed by atoms with E-state index in [-0.39, 0.29) is 12.2 Å². The Bertz CT molecular complexity index is 2940.